The maximum absolute atomic E-state index is 11.2. The highest BCUT2D eigenvalue weighted by Gasteiger charge is 2.08. The number of carboxylic acid groups (broad SMARTS) is 2. The molecule has 5 aromatic rings. The van der Waals surface area contributed by atoms with Crippen molar-refractivity contribution in [1.82, 2.24) is 0 Å². The maximum Gasteiger partial charge on any atom is 0.335 e. The van der Waals surface area contributed by atoms with Gasteiger partial charge in [-0.15, -0.1) is 0 Å². The lowest BCUT2D eigenvalue weighted by Crippen LogP contribution is -1.96. The Morgan fingerprint density at radius 3 is 1.63 bits per heavy atom. The van der Waals surface area contributed by atoms with E-state index in [1.165, 1.54) is 24.3 Å². The highest BCUT2D eigenvalue weighted by Crippen LogP contribution is 2.31. The lowest BCUT2D eigenvalue weighted by Gasteiger charge is -2.11. The number of carboxylic acids is 2. The summed E-state index contributed by atoms with van der Waals surface area (Å²) in [7, 11) is 0. The van der Waals surface area contributed by atoms with Crippen LogP contribution in [-0.2, 0) is 0 Å². The summed E-state index contributed by atoms with van der Waals surface area (Å²) in [6.45, 7) is 0. The van der Waals surface area contributed by atoms with Crippen molar-refractivity contribution in [3.63, 3.8) is 0 Å². The third-order valence-corrected chi connectivity index (χ3v) is 5.69. The number of hydrogen-bond donors (Lipinski definition) is 2. The lowest BCUT2D eigenvalue weighted by molar-refractivity contribution is 0.0686. The van der Waals surface area contributed by atoms with E-state index in [1.807, 2.05) is 42.5 Å². The minimum Gasteiger partial charge on any atom is -0.478 e. The molecule has 2 N–H and O–H groups in total. The molecule has 6 nitrogen and oxygen atoms in total. The van der Waals surface area contributed by atoms with Crippen molar-refractivity contribution in [2.75, 3.05) is 0 Å². The summed E-state index contributed by atoms with van der Waals surface area (Å²) in [4.78, 5) is 22.3. The summed E-state index contributed by atoms with van der Waals surface area (Å²) < 4.78 is 12.0. The maximum atomic E-state index is 11.2. The molecular weight excluding hydrogens is 480 g/mol. The molecule has 38 heavy (non-hydrogen) atoms. The first-order valence-corrected chi connectivity index (χ1v) is 11.6. The largest absolute Gasteiger partial charge is 0.478 e. The molecule has 5 aromatic carbocycles. The van der Waals surface area contributed by atoms with Crippen LogP contribution in [-0.4, -0.2) is 22.2 Å². The Morgan fingerprint density at radius 1 is 0.553 bits per heavy atom. The fraction of sp³-hybridized carbons (Fsp3) is 0. The molecule has 184 valence electrons. The van der Waals surface area contributed by atoms with Crippen molar-refractivity contribution >= 4 is 22.7 Å². The quantitative estimate of drug-likeness (QED) is 0.239. The molecule has 0 saturated carbocycles. The summed E-state index contributed by atoms with van der Waals surface area (Å²) in [5, 5.41) is 20.4. The van der Waals surface area contributed by atoms with Gasteiger partial charge in [0.15, 0.2) is 0 Å². The molecule has 0 aromatic heterocycles. The summed E-state index contributed by atoms with van der Waals surface area (Å²) in [6.07, 6.45) is 0. The van der Waals surface area contributed by atoms with Crippen molar-refractivity contribution in [3.05, 3.63) is 131 Å². The number of carbonyl (C=O) groups is 2. The number of hydrogen-bond acceptors (Lipinski definition) is 4. The zero-order chi connectivity index (χ0) is 26.5. The number of aromatic carboxylic acids is 2. The smallest absolute Gasteiger partial charge is 0.335 e. The molecule has 0 unspecified atom stereocenters. The van der Waals surface area contributed by atoms with Gasteiger partial charge in [-0.2, -0.15) is 0 Å². The molecule has 0 radical (unpaired) electrons. The van der Waals surface area contributed by atoms with Crippen molar-refractivity contribution in [3.8, 4) is 34.8 Å². The van der Waals surface area contributed by atoms with E-state index in [0.717, 1.165) is 16.3 Å². The van der Waals surface area contributed by atoms with Crippen molar-refractivity contribution in [2.45, 2.75) is 0 Å². The van der Waals surface area contributed by atoms with Gasteiger partial charge in [0.05, 0.1) is 11.1 Å². The van der Waals surface area contributed by atoms with Crippen molar-refractivity contribution in [1.29, 1.82) is 0 Å². The van der Waals surface area contributed by atoms with Crippen LogP contribution in [0.5, 0.6) is 23.0 Å². The standard InChI is InChI=1S/C32H20O6/c33-31(34)24-10-14-26(15-11-24)37-28-18-21(8-9-23-6-3-5-22-4-1-2-7-30(22)23)19-29(20-28)38-27-16-12-25(13-17-27)32(35)36/h1-7,10-20H,(H,33,34)(H,35,36). The average Bonchev–Trinajstić information content (AvgIpc) is 2.92. The van der Waals surface area contributed by atoms with Gasteiger partial charge in [-0.1, -0.05) is 48.2 Å². The second-order valence-corrected chi connectivity index (χ2v) is 8.33. The number of fused-ring (bicyclic) bond motifs is 1. The Kier molecular flexibility index (Phi) is 6.75. The minimum absolute atomic E-state index is 0.154. The highest BCUT2D eigenvalue weighted by molar-refractivity contribution is 5.89. The Bertz CT molecular complexity index is 1620. The molecule has 0 amide bonds. The number of rotatable bonds is 6. The van der Waals surface area contributed by atoms with Gasteiger partial charge in [0, 0.05) is 17.2 Å². The van der Waals surface area contributed by atoms with E-state index in [4.69, 9.17) is 19.7 Å². The average molecular weight is 501 g/mol. The van der Waals surface area contributed by atoms with Crippen LogP contribution < -0.4 is 9.47 Å². The van der Waals surface area contributed by atoms with Crippen LogP contribution in [0.3, 0.4) is 0 Å². The first kappa shape index (κ1) is 24.2. The van der Waals surface area contributed by atoms with Crippen LogP contribution in [0.1, 0.15) is 31.8 Å². The molecule has 0 spiro atoms. The third kappa shape index (κ3) is 5.64. The molecule has 0 fully saturated rings. The zero-order valence-corrected chi connectivity index (χ0v) is 19.9. The van der Waals surface area contributed by atoms with Gasteiger partial charge in [0.2, 0.25) is 0 Å². The van der Waals surface area contributed by atoms with Crippen molar-refractivity contribution in [2.24, 2.45) is 0 Å². The normalized spacial score (nSPS) is 10.3. The minimum atomic E-state index is -1.02. The molecule has 5 rings (SSSR count). The van der Waals surface area contributed by atoms with Crippen LogP contribution in [0.25, 0.3) is 10.8 Å². The molecular formula is C32H20O6. The monoisotopic (exact) mass is 500 g/mol. The van der Waals surface area contributed by atoms with Crippen LogP contribution in [0, 0.1) is 11.8 Å². The number of ether oxygens (including phenoxy) is 2. The molecule has 0 heterocycles. The molecule has 0 aliphatic rings. The van der Waals surface area contributed by atoms with Crippen molar-refractivity contribution < 1.29 is 29.3 Å². The Balaban J connectivity index is 1.50. The topological polar surface area (TPSA) is 93.1 Å². The third-order valence-electron chi connectivity index (χ3n) is 5.69. The van der Waals surface area contributed by atoms with Gasteiger partial charge in [-0.3, -0.25) is 0 Å². The molecule has 6 heteroatoms. The van der Waals surface area contributed by atoms with E-state index in [2.05, 4.69) is 11.8 Å². The highest BCUT2D eigenvalue weighted by atomic mass is 16.5. The van der Waals surface area contributed by atoms with Gasteiger partial charge in [0.1, 0.15) is 23.0 Å². The summed E-state index contributed by atoms with van der Waals surface area (Å²) in [5.41, 5.74) is 1.82. The van der Waals surface area contributed by atoms with Crippen LogP contribution in [0.4, 0.5) is 0 Å². The van der Waals surface area contributed by atoms with E-state index < -0.39 is 11.9 Å². The van der Waals surface area contributed by atoms with E-state index in [9.17, 15) is 9.59 Å². The SMILES string of the molecule is O=C(O)c1ccc(Oc2cc(C#Cc3cccc4ccccc34)cc(Oc3ccc(C(=O)O)cc3)c2)cc1. The summed E-state index contributed by atoms with van der Waals surface area (Å²) in [5.74, 6) is 6.16. The van der Waals surface area contributed by atoms with Crippen LogP contribution in [0.2, 0.25) is 0 Å². The van der Waals surface area contributed by atoms with E-state index in [0.29, 0.717) is 28.6 Å². The van der Waals surface area contributed by atoms with Gasteiger partial charge in [0.25, 0.3) is 0 Å². The van der Waals surface area contributed by atoms with Gasteiger partial charge in [-0.25, -0.2) is 9.59 Å². The second kappa shape index (κ2) is 10.6. The summed E-state index contributed by atoms with van der Waals surface area (Å²) in [6, 6.07) is 31.3. The van der Waals surface area contributed by atoms with E-state index in [-0.39, 0.29) is 11.1 Å². The molecule has 0 aliphatic carbocycles. The Morgan fingerprint density at radius 2 is 1.08 bits per heavy atom. The Hall–Kier alpha value is -5.54. The first-order valence-electron chi connectivity index (χ1n) is 11.6. The van der Waals surface area contributed by atoms with E-state index in [1.54, 1.807) is 42.5 Å². The second-order valence-electron chi connectivity index (χ2n) is 8.33. The summed E-state index contributed by atoms with van der Waals surface area (Å²) >= 11 is 0. The van der Waals surface area contributed by atoms with Gasteiger partial charge in [-0.05, 0) is 77.5 Å². The fourth-order valence-electron chi connectivity index (χ4n) is 3.84. The van der Waals surface area contributed by atoms with Gasteiger partial charge < -0.3 is 19.7 Å². The Labute approximate surface area is 218 Å². The van der Waals surface area contributed by atoms with E-state index >= 15 is 0 Å². The first-order chi connectivity index (χ1) is 18.4. The van der Waals surface area contributed by atoms with Crippen LogP contribution >= 0.6 is 0 Å². The predicted molar refractivity (Wildman–Crippen MR) is 143 cm³/mol. The molecule has 0 saturated heterocycles. The number of benzene rings is 5. The molecule has 0 aliphatic heterocycles. The fourth-order valence-corrected chi connectivity index (χ4v) is 3.84. The lowest BCUT2D eigenvalue weighted by atomic mass is 10.0. The molecule has 0 atom stereocenters. The molecule has 0 bridgehead atoms. The van der Waals surface area contributed by atoms with Crippen LogP contribution in [0.15, 0.2) is 109 Å². The van der Waals surface area contributed by atoms with Gasteiger partial charge >= 0.3 is 11.9 Å². The predicted octanol–water partition coefficient (Wildman–Crippen LogP) is 7.22. The zero-order valence-electron chi connectivity index (χ0n) is 19.9.